The van der Waals surface area contributed by atoms with Gasteiger partial charge in [-0.1, -0.05) is 44.2 Å². The van der Waals surface area contributed by atoms with Crippen molar-refractivity contribution in [2.24, 2.45) is 4.99 Å². The predicted molar refractivity (Wildman–Crippen MR) is 68.1 cm³/mol. The first-order chi connectivity index (χ1) is 8.19. The molecule has 0 spiro atoms. The van der Waals surface area contributed by atoms with Crippen molar-refractivity contribution in [1.29, 1.82) is 0 Å². The lowest BCUT2D eigenvalue weighted by atomic mass is 10.0. The number of hydrogen-bond acceptors (Lipinski definition) is 3. The third-order valence-corrected chi connectivity index (χ3v) is 3.24. The molecule has 1 aromatic rings. The molecule has 0 saturated heterocycles. The van der Waals surface area contributed by atoms with Gasteiger partial charge in [-0.05, 0) is 12.0 Å². The monoisotopic (exact) mass is 233 g/mol. The molecule has 1 aliphatic rings. The van der Waals surface area contributed by atoms with Gasteiger partial charge >= 0.3 is 0 Å². The first kappa shape index (κ1) is 12.3. The summed E-state index contributed by atoms with van der Waals surface area (Å²) in [6, 6.07) is 10.1. The van der Waals surface area contributed by atoms with Crippen LogP contribution in [0.3, 0.4) is 0 Å². The average molecular weight is 233 g/mol. The van der Waals surface area contributed by atoms with Crippen molar-refractivity contribution in [1.82, 2.24) is 0 Å². The lowest BCUT2D eigenvalue weighted by Crippen LogP contribution is -2.45. The van der Waals surface area contributed by atoms with Gasteiger partial charge < -0.3 is 9.84 Å². The van der Waals surface area contributed by atoms with E-state index in [4.69, 9.17) is 4.74 Å². The zero-order chi connectivity index (χ0) is 12.3. The molecule has 2 atom stereocenters. The Kier molecular flexibility index (Phi) is 3.60. The van der Waals surface area contributed by atoms with Gasteiger partial charge in [-0.3, -0.25) is 4.99 Å². The molecule has 0 bridgehead atoms. The summed E-state index contributed by atoms with van der Waals surface area (Å²) in [7, 11) is 0. The molecule has 0 amide bonds. The molecule has 0 aliphatic carbocycles. The Bertz CT molecular complexity index is 402. The van der Waals surface area contributed by atoms with E-state index in [1.807, 2.05) is 44.2 Å². The first-order valence-corrected chi connectivity index (χ1v) is 6.18. The molecule has 92 valence electrons. The van der Waals surface area contributed by atoms with E-state index < -0.39 is 5.79 Å². The third kappa shape index (κ3) is 2.40. The topological polar surface area (TPSA) is 41.8 Å². The fraction of sp³-hybridized carbons (Fsp3) is 0.500. The molecule has 1 heterocycles. The lowest BCUT2D eigenvalue weighted by Gasteiger charge is -2.34. The van der Waals surface area contributed by atoms with Crippen LogP contribution in [0.15, 0.2) is 35.3 Å². The highest BCUT2D eigenvalue weighted by Crippen LogP contribution is 2.29. The van der Waals surface area contributed by atoms with Crippen molar-refractivity contribution in [2.45, 2.75) is 38.5 Å². The molecule has 3 heteroatoms. The van der Waals surface area contributed by atoms with Crippen LogP contribution in [-0.2, 0) is 4.74 Å². The minimum absolute atomic E-state index is 0.0120. The third-order valence-electron chi connectivity index (χ3n) is 3.24. The molecule has 1 N–H and O–H groups in total. The van der Waals surface area contributed by atoms with E-state index >= 15 is 0 Å². The Morgan fingerprint density at radius 3 is 2.65 bits per heavy atom. The first-order valence-electron chi connectivity index (χ1n) is 6.18. The Morgan fingerprint density at radius 2 is 2.06 bits per heavy atom. The maximum Gasteiger partial charge on any atom is 0.205 e. The second-order valence-electron chi connectivity index (χ2n) is 4.30. The van der Waals surface area contributed by atoms with Crippen molar-refractivity contribution in [3.63, 3.8) is 0 Å². The SMILES string of the molecule is CCC1=N[C@H](c2ccccc2)CO[C@@]1(O)CC. The van der Waals surface area contributed by atoms with Crippen LogP contribution in [0.25, 0.3) is 0 Å². The summed E-state index contributed by atoms with van der Waals surface area (Å²) in [4.78, 5) is 4.64. The number of nitrogens with zero attached hydrogens (tertiary/aromatic N) is 1. The second-order valence-corrected chi connectivity index (χ2v) is 4.30. The Labute approximate surface area is 102 Å². The van der Waals surface area contributed by atoms with Crippen LogP contribution >= 0.6 is 0 Å². The Balaban J connectivity index is 2.28. The maximum absolute atomic E-state index is 10.3. The minimum Gasteiger partial charge on any atom is -0.361 e. The quantitative estimate of drug-likeness (QED) is 0.872. The van der Waals surface area contributed by atoms with E-state index in [2.05, 4.69) is 4.99 Å². The zero-order valence-electron chi connectivity index (χ0n) is 10.4. The number of aliphatic hydroxyl groups is 1. The van der Waals surface area contributed by atoms with Gasteiger partial charge in [0.2, 0.25) is 5.79 Å². The van der Waals surface area contributed by atoms with Crippen LogP contribution in [0.5, 0.6) is 0 Å². The van der Waals surface area contributed by atoms with Crippen LogP contribution in [0.2, 0.25) is 0 Å². The van der Waals surface area contributed by atoms with Gasteiger partial charge in [0.15, 0.2) is 0 Å². The molecule has 1 aromatic carbocycles. The maximum atomic E-state index is 10.3. The molecule has 0 unspecified atom stereocenters. The van der Waals surface area contributed by atoms with Crippen LogP contribution in [0.4, 0.5) is 0 Å². The molecular weight excluding hydrogens is 214 g/mol. The summed E-state index contributed by atoms with van der Waals surface area (Å²) in [6.07, 6.45) is 1.26. The fourth-order valence-electron chi connectivity index (χ4n) is 2.15. The molecule has 0 radical (unpaired) electrons. The van der Waals surface area contributed by atoms with Gasteiger partial charge in [-0.15, -0.1) is 0 Å². The van der Waals surface area contributed by atoms with Crippen molar-refractivity contribution < 1.29 is 9.84 Å². The molecule has 1 aliphatic heterocycles. The normalized spacial score (nSPS) is 28.9. The zero-order valence-corrected chi connectivity index (χ0v) is 10.4. The molecule has 0 saturated carbocycles. The van der Waals surface area contributed by atoms with E-state index in [0.717, 1.165) is 11.3 Å². The number of rotatable bonds is 3. The molecule has 17 heavy (non-hydrogen) atoms. The smallest absolute Gasteiger partial charge is 0.205 e. The summed E-state index contributed by atoms with van der Waals surface area (Å²) < 4.78 is 5.61. The van der Waals surface area contributed by atoms with Crippen molar-refractivity contribution >= 4 is 5.71 Å². The average Bonchev–Trinajstić information content (AvgIpc) is 2.40. The lowest BCUT2D eigenvalue weighted by molar-refractivity contribution is -0.163. The largest absolute Gasteiger partial charge is 0.361 e. The van der Waals surface area contributed by atoms with Gasteiger partial charge in [0, 0.05) is 6.42 Å². The summed E-state index contributed by atoms with van der Waals surface area (Å²) in [5.74, 6) is -1.15. The van der Waals surface area contributed by atoms with Gasteiger partial charge in [0.1, 0.15) is 0 Å². The summed E-state index contributed by atoms with van der Waals surface area (Å²) in [5.41, 5.74) is 1.89. The van der Waals surface area contributed by atoms with Gasteiger partial charge in [-0.25, -0.2) is 0 Å². The van der Waals surface area contributed by atoms with E-state index in [0.29, 0.717) is 19.4 Å². The van der Waals surface area contributed by atoms with Gasteiger partial charge in [-0.2, -0.15) is 0 Å². The van der Waals surface area contributed by atoms with E-state index in [9.17, 15) is 5.11 Å². The Morgan fingerprint density at radius 1 is 1.35 bits per heavy atom. The van der Waals surface area contributed by atoms with Crippen molar-refractivity contribution in [2.75, 3.05) is 6.61 Å². The minimum atomic E-state index is -1.15. The van der Waals surface area contributed by atoms with Crippen LogP contribution in [0.1, 0.15) is 38.3 Å². The molecule has 2 rings (SSSR count). The summed E-state index contributed by atoms with van der Waals surface area (Å²) >= 11 is 0. The van der Waals surface area contributed by atoms with Crippen molar-refractivity contribution in [3.05, 3.63) is 35.9 Å². The standard InChI is InChI=1S/C14H19NO2/c1-3-13-14(16,4-2)17-10-12(15-13)11-8-6-5-7-9-11/h5-9,12,16H,3-4,10H2,1-2H3/t12-,14-/m0/s1. The second kappa shape index (κ2) is 4.98. The summed E-state index contributed by atoms with van der Waals surface area (Å²) in [5, 5.41) is 10.3. The number of benzene rings is 1. The number of hydrogen-bond donors (Lipinski definition) is 1. The van der Waals surface area contributed by atoms with Crippen LogP contribution in [-0.4, -0.2) is 23.2 Å². The van der Waals surface area contributed by atoms with Crippen molar-refractivity contribution in [3.8, 4) is 0 Å². The fourth-order valence-corrected chi connectivity index (χ4v) is 2.15. The highest BCUT2D eigenvalue weighted by Gasteiger charge is 2.36. The van der Waals surface area contributed by atoms with E-state index in [1.165, 1.54) is 0 Å². The molecule has 0 aromatic heterocycles. The molecular formula is C14H19NO2. The van der Waals surface area contributed by atoms with Crippen LogP contribution in [0, 0.1) is 0 Å². The van der Waals surface area contributed by atoms with Gasteiger partial charge in [0.25, 0.3) is 0 Å². The molecule has 3 nitrogen and oxygen atoms in total. The Hall–Kier alpha value is -1.19. The molecule has 0 fully saturated rings. The van der Waals surface area contributed by atoms with E-state index in [-0.39, 0.29) is 6.04 Å². The summed E-state index contributed by atoms with van der Waals surface area (Å²) in [6.45, 7) is 4.35. The highest BCUT2D eigenvalue weighted by molar-refractivity contribution is 5.91. The van der Waals surface area contributed by atoms with Gasteiger partial charge in [0.05, 0.1) is 18.4 Å². The number of aliphatic imine (C=N–C) groups is 1. The predicted octanol–water partition coefficient (Wildman–Crippen LogP) is 2.71. The number of ether oxygens (including phenoxy) is 1. The van der Waals surface area contributed by atoms with E-state index in [1.54, 1.807) is 0 Å². The van der Waals surface area contributed by atoms with Crippen LogP contribution < -0.4 is 0 Å². The highest BCUT2D eigenvalue weighted by atomic mass is 16.6.